The largest absolute Gasteiger partial charge is 0.384 e. The fourth-order valence-corrected chi connectivity index (χ4v) is 3.15. The van der Waals surface area contributed by atoms with Crippen LogP contribution in [0.15, 0.2) is 18.2 Å². The van der Waals surface area contributed by atoms with Crippen molar-refractivity contribution in [2.45, 2.75) is 20.8 Å². The summed E-state index contributed by atoms with van der Waals surface area (Å²) in [6, 6.07) is 5.25. The van der Waals surface area contributed by atoms with E-state index in [2.05, 4.69) is 16.6 Å². The summed E-state index contributed by atoms with van der Waals surface area (Å²) in [5.41, 5.74) is 2.09. The molecule has 0 bridgehead atoms. The monoisotopic (exact) mass is 281 g/mol. The second kappa shape index (κ2) is 6.60. The summed E-state index contributed by atoms with van der Waals surface area (Å²) in [4.78, 5) is 0. The Morgan fingerprint density at radius 3 is 2.58 bits per heavy atom. The molecule has 0 fully saturated rings. The van der Waals surface area contributed by atoms with Crippen molar-refractivity contribution in [3.8, 4) is 11.8 Å². The van der Waals surface area contributed by atoms with Crippen LogP contribution in [0.2, 0.25) is 0 Å². The topological polar surface area (TPSA) is 66.4 Å². The van der Waals surface area contributed by atoms with E-state index >= 15 is 0 Å². The summed E-state index contributed by atoms with van der Waals surface area (Å²) in [6.45, 7) is 5.36. The fourth-order valence-electron chi connectivity index (χ4n) is 1.72. The predicted molar refractivity (Wildman–Crippen MR) is 77.4 cm³/mol. The minimum atomic E-state index is -3.34. The molecule has 2 N–H and O–H groups in total. The summed E-state index contributed by atoms with van der Waals surface area (Å²) in [5.74, 6) is 5.46. The zero-order chi connectivity index (χ0) is 14.5. The van der Waals surface area contributed by atoms with E-state index in [-0.39, 0.29) is 18.3 Å². The molecule has 0 aliphatic carbocycles. The van der Waals surface area contributed by atoms with Crippen LogP contribution in [0, 0.1) is 24.7 Å². The number of aliphatic hydroxyl groups excluding tert-OH is 1. The summed E-state index contributed by atoms with van der Waals surface area (Å²) in [5, 5.41) is 8.67. The number of anilines is 1. The molecule has 19 heavy (non-hydrogen) atoms. The first-order valence-corrected chi connectivity index (χ1v) is 7.69. The Bertz CT molecular complexity index is 595. The van der Waals surface area contributed by atoms with Crippen molar-refractivity contribution >= 4 is 15.7 Å². The second-order valence-corrected chi connectivity index (χ2v) is 6.59. The quantitative estimate of drug-likeness (QED) is 0.826. The number of rotatable bonds is 4. The van der Waals surface area contributed by atoms with Crippen molar-refractivity contribution in [2.24, 2.45) is 5.92 Å². The molecule has 104 valence electrons. The third kappa shape index (κ3) is 5.77. The highest BCUT2D eigenvalue weighted by Gasteiger charge is 2.13. The van der Waals surface area contributed by atoms with Gasteiger partial charge in [-0.1, -0.05) is 25.7 Å². The van der Waals surface area contributed by atoms with Gasteiger partial charge in [-0.05, 0) is 36.6 Å². The van der Waals surface area contributed by atoms with Crippen LogP contribution in [0.4, 0.5) is 5.69 Å². The minimum Gasteiger partial charge on any atom is -0.384 e. The molecule has 0 amide bonds. The lowest BCUT2D eigenvalue weighted by atomic mass is 10.1. The van der Waals surface area contributed by atoms with Gasteiger partial charge in [0.2, 0.25) is 10.0 Å². The van der Waals surface area contributed by atoms with Crippen LogP contribution in [0.5, 0.6) is 0 Å². The van der Waals surface area contributed by atoms with Crippen LogP contribution >= 0.6 is 0 Å². The number of aryl methyl sites for hydroxylation is 1. The van der Waals surface area contributed by atoms with Gasteiger partial charge in [-0.25, -0.2) is 8.42 Å². The molecule has 1 aromatic rings. The van der Waals surface area contributed by atoms with Gasteiger partial charge in [0.25, 0.3) is 0 Å². The molecule has 0 aliphatic rings. The van der Waals surface area contributed by atoms with E-state index in [1.54, 1.807) is 12.1 Å². The number of hydrogen-bond acceptors (Lipinski definition) is 3. The Kier molecular flexibility index (Phi) is 5.40. The average molecular weight is 281 g/mol. The average Bonchev–Trinajstić information content (AvgIpc) is 2.22. The molecule has 4 nitrogen and oxygen atoms in total. The predicted octanol–water partition coefficient (Wildman–Crippen LogP) is 1.74. The molecule has 1 rings (SSSR count). The Hall–Kier alpha value is -1.51. The van der Waals surface area contributed by atoms with Crippen LogP contribution in [-0.4, -0.2) is 25.9 Å². The van der Waals surface area contributed by atoms with E-state index in [1.807, 2.05) is 26.8 Å². The number of hydrogen-bond donors (Lipinski definition) is 2. The van der Waals surface area contributed by atoms with Gasteiger partial charge in [-0.15, -0.1) is 0 Å². The number of nitrogens with one attached hydrogen (secondary N) is 1. The minimum absolute atomic E-state index is 0.0657. The smallest absolute Gasteiger partial charge is 0.232 e. The van der Waals surface area contributed by atoms with Crippen LogP contribution in [-0.2, 0) is 10.0 Å². The van der Waals surface area contributed by atoms with Crippen LogP contribution in [0.3, 0.4) is 0 Å². The molecule has 0 aromatic heterocycles. The maximum atomic E-state index is 11.9. The zero-order valence-corrected chi connectivity index (χ0v) is 12.2. The molecule has 0 aliphatic heterocycles. The van der Waals surface area contributed by atoms with Crippen LogP contribution < -0.4 is 4.72 Å². The van der Waals surface area contributed by atoms with E-state index < -0.39 is 10.0 Å². The van der Waals surface area contributed by atoms with Gasteiger partial charge < -0.3 is 5.11 Å². The molecule has 0 saturated heterocycles. The SMILES string of the molecule is Cc1cc(C#CCO)cc(NS(=O)(=O)CC(C)C)c1. The molecule has 1 aromatic carbocycles. The van der Waals surface area contributed by atoms with Gasteiger partial charge in [0.05, 0.1) is 5.75 Å². The van der Waals surface area contributed by atoms with Gasteiger partial charge in [0.15, 0.2) is 0 Å². The van der Waals surface area contributed by atoms with E-state index in [9.17, 15) is 8.42 Å². The highest BCUT2D eigenvalue weighted by molar-refractivity contribution is 7.92. The molecular formula is C14H19NO3S. The standard InChI is InChI=1S/C14H19NO3S/c1-11(2)10-19(17,18)15-14-8-12(3)7-13(9-14)5-4-6-16/h7-9,11,15-16H,6,10H2,1-3H3. The van der Waals surface area contributed by atoms with E-state index in [4.69, 9.17) is 5.11 Å². The first-order valence-electron chi connectivity index (χ1n) is 6.04. The molecule has 0 atom stereocenters. The molecule has 5 heteroatoms. The van der Waals surface area contributed by atoms with Gasteiger partial charge in [-0.3, -0.25) is 4.72 Å². The molecule has 0 saturated carbocycles. The lowest BCUT2D eigenvalue weighted by Crippen LogP contribution is -2.20. The zero-order valence-electron chi connectivity index (χ0n) is 11.4. The normalized spacial score (nSPS) is 11.0. The fraction of sp³-hybridized carbons (Fsp3) is 0.429. The highest BCUT2D eigenvalue weighted by atomic mass is 32.2. The lowest BCUT2D eigenvalue weighted by molar-refractivity contribution is 0.350. The lowest BCUT2D eigenvalue weighted by Gasteiger charge is -2.11. The van der Waals surface area contributed by atoms with Crippen molar-refractivity contribution < 1.29 is 13.5 Å². The summed E-state index contributed by atoms with van der Waals surface area (Å²) >= 11 is 0. The van der Waals surface area contributed by atoms with Crippen LogP contribution in [0.25, 0.3) is 0 Å². The summed E-state index contributed by atoms with van der Waals surface area (Å²) in [6.07, 6.45) is 0. The van der Waals surface area contributed by atoms with Crippen molar-refractivity contribution in [3.05, 3.63) is 29.3 Å². The molecule has 0 spiro atoms. The van der Waals surface area contributed by atoms with E-state index in [1.165, 1.54) is 0 Å². The molecule has 0 heterocycles. The maximum absolute atomic E-state index is 11.9. The van der Waals surface area contributed by atoms with Crippen molar-refractivity contribution in [3.63, 3.8) is 0 Å². The number of sulfonamides is 1. The van der Waals surface area contributed by atoms with Crippen molar-refractivity contribution in [1.29, 1.82) is 0 Å². The Morgan fingerprint density at radius 1 is 1.32 bits per heavy atom. The van der Waals surface area contributed by atoms with Gasteiger partial charge in [0, 0.05) is 11.3 Å². The van der Waals surface area contributed by atoms with E-state index in [0.29, 0.717) is 11.3 Å². The molecule has 0 radical (unpaired) electrons. The summed E-state index contributed by atoms with van der Waals surface area (Å²) in [7, 11) is -3.34. The van der Waals surface area contributed by atoms with Crippen molar-refractivity contribution in [1.82, 2.24) is 0 Å². The Balaban J connectivity index is 2.99. The highest BCUT2D eigenvalue weighted by Crippen LogP contribution is 2.16. The second-order valence-electron chi connectivity index (χ2n) is 4.82. The van der Waals surface area contributed by atoms with Gasteiger partial charge in [-0.2, -0.15) is 0 Å². The molecular weight excluding hydrogens is 262 g/mol. The first-order chi connectivity index (χ1) is 8.82. The van der Waals surface area contributed by atoms with Gasteiger partial charge >= 0.3 is 0 Å². The first kappa shape index (κ1) is 15.5. The third-order valence-corrected chi connectivity index (χ3v) is 3.87. The molecule has 0 unspecified atom stereocenters. The maximum Gasteiger partial charge on any atom is 0.232 e. The van der Waals surface area contributed by atoms with Crippen LogP contribution in [0.1, 0.15) is 25.0 Å². The number of benzene rings is 1. The van der Waals surface area contributed by atoms with Crippen molar-refractivity contribution in [2.75, 3.05) is 17.1 Å². The van der Waals surface area contributed by atoms with Gasteiger partial charge in [0.1, 0.15) is 6.61 Å². The number of aliphatic hydroxyl groups is 1. The third-order valence-electron chi connectivity index (χ3n) is 2.22. The Labute approximate surface area is 114 Å². The Morgan fingerprint density at radius 2 is 2.00 bits per heavy atom. The summed E-state index contributed by atoms with van der Waals surface area (Å²) < 4.78 is 26.3. The van der Waals surface area contributed by atoms with E-state index in [0.717, 1.165) is 5.56 Å².